The molecule has 1 aliphatic rings. The summed E-state index contributed by atoms with van der Waals surface area (Å²) < 4.78 is 3.29. The average Bonchev–Trinajstić information content (AvgIpc) is 2.88. The van der Waals surface area contributed by atoms with Gasteiger partial charge in [-0.1, -0.05) is 34.1 Å². The zero-order valence-electron chi connectivity index (χ0n) is 12.0. The Morgan fingerprint density at radius 2 is 2.19 bits per heavy atom. The maximum Gasteiger partial charge on any atom is 0.127 e. The van der Waals surface area contributed by atoms with E-state index in [2.05, 4.69) is 67.0 Å². The zero-order valence-corrected chi connectivity index (χ0v) is 14.4. The number of imidazole rings is 1. The number of hydrogen-bond donors (Lipinski definition) is 1. The molecule has 1 N–H and O–H groups in total. The molecule has 6 heteroatoms. The van der Waals surface area contributed by atoms with Gasteiger partial charge in [-0.15, -0.1) is 12.4 Å². The first-order valence-electron chi connectivity index (χ1n) is 6.91. The lowest BCUT2D eigenvalue weighted by Crippen LogP contribution is -2.46. The minimum Gasteiger partial charge on any atom is -0.337 e. The van der Waals surface area contributed by atoms with Crippen LogP contribution in [0.5, 0.6) is 0 Å². The normalized spacial score (nSPS) is 19.2. The summed E-state index contributed by atoms with van der Waals surface area (Å²) in [4.78, 5) is 7.02. The number of aryl methyl sites for hydroxylation is 1. The third kappa shape index (κ3) is 3.66. The molecular formula is C15H20BrClN4. The third-order valence-electron chi connectivity index (χ3n) is 3.84. The Kier molecular flexibility index (Phi) is 5.81. The molecule has 1 aliphatic heterocycles. The summed E-state index contributed by atoms with van der Waals surface area (Å²) in [5.74, 6) is 1.13. The van der Waals surface area contributed by atoms with Crippen LogP contribution in [0, 0.1) is 0 Å². The van der Waals surface area contributed by atoms with E-state index >= 15 is 0 Å². The summed E-state index contributed by atoms with van der Waals surface area (Å²) in [6.07, 6.45) is 3.89. The Hall–Kier alpha value is -0.880. The Morgan fingerprint density at radius 1 is 1.38 bits per heavy atom. The van der Waals surface area contributed by atoms with Crippen LogP contribution >= 0.6 is 28.3 Å². The van der Waals surface area contributed by atoms with Gasteiger partial charge in [-0.05, 0) is 11.6 Å². The van der Waals surface area contributed by atoms with Gasteiger partial charge in [0, 0.05) is 50.1 Å². The first kappa shape index (κ1) is 16.5. The molecule has 0 aliphatic carbocycles. The maximum absolute atomic E-state index is 4.52. The lowest BCUT2D eigenvalue weighted by molar-refractivity contribution is 0.144. The lowest BCUT2D eigenvalue weighted by atomic mass is 10.1. The summed E-state index contributed by atoms with van der Waals surface area (Å²) in [6.45, 7) is 3.97. The molecule has 1 aromatic heterocycles. The first-order valence-corrected chi connectivity index (χ1v) is 7.70. The van der Waals surface area contributed by atoms with Gasteiger partial charge in [0.1, 0.15) is 5.82 Å². The molecule has 1 unspecified atom stereocenters. The van der Waals surface area contributed by atoms with E-state index in [1.807, 2.05) is 12.4 Å². The van der Waals surface area contributed by atoms with E-state index in [1.54, 1.807) is 0 Å². The molecule has 3 rings (SSSR count). The number of nitrogens with zero attached hydrogens (tertiary/aromatic N) is 3. The molecular weight excluding hydrogens is 352 g/mol. The largest absolute Gasteiger partial charge is 0.337 e. The summed E-state index contributed by atoms with van der Waals surface area (Å²) in [6, 6.07) is 8.77. The fourth-order valence-electron chi connectivity index (χ4n) is 2.73. The highest BCUT2D eigenvalue weighted by molar-refractivity contribution is 9.10. The second-order valence-electron chi connectivity index (χ2n) is 5.18. The summed E-state index contributed by atoms with van der Waals surface area (Å²) in [5.41, 5.74) is 1.33. The van der Waals surface area contributed by atoms with Gasteiger partial charge in [-0.25, -0.2) is 4.98 Å². The lowest BCUT2D eigenvalue weighted by Gasteiger charge is -2.35. The standard InChI is InChI=1S/C15H19BrN4.ClH/c1-19-8-7-18-15(19)14-10-17-6-9-20(14)11-12-4-2-3-5-13(12)16;/h2-5,7-8,14,17H,6,9-11H2,1H3;1H. The molecule has 114 valence electrons. The van der Waals surface area contributed by atoms with Gasteiger partial charge < -0.3 is 9.88 Å². The molecule has 21 heavy (non-hydrogen) atoms. The highest BCUT2D eigenvalue weighted by atomic mass is 79.9. The van der Waals surface area contributed by atoms with Crippen molar-refractivity contribution in [3.63, 3.8) is 0 Å². The fraction of sp³-hybridized carbons (Fsp3) is 0.400. The molecule has 1 fully saturated rings. The van der Waals surface area contributed by atoms with E-state index in [-0.39, 0.29) is 12.4 Å². The predicted octanol–water partition coefficient (Wildman–Crippen LogP) is 2.75. The molecule has 2 aromatic rings. The SMILES string of the molecule is Cl.Cn1ccnc1C1CNCCN1Cc1ccccc1Br. The van der Waals surface area contributed by atoms with Crippen molar-refractivity contribution in [2.45, 2.75) is 12.6 Å². The summed E-state index contributed by atoms with van der Waals surface area (Å²) in [7, 11) is 2.06. The average molecular weight is 372 g/mol. The van der Waals surface area contributed by atoms with Crippen LogP contribution in [0.3, 0.4) is 0 Å². The molecule has 4 nitrogen and oxygen atoms in total. The molecule has 0 saturated carbocycles. The van der Waals surface area contributed by atoms with E-state index in [9.17, 15) is 0 Å². The van der Waals surface area contributed by atoms with Crippen molar-refractivity contribution in [3.8, 4) is 0 Å². The number of rotatable bonds is 3. The van der Waals surface area contributed by atoms with Crippen LogP contribution in [0.25, 0.3) is 0 Å². The molecule has 0 amide bonds. The minimum absolute atomic E-state index is 0. The third-order valence-corrected chi connectivity index (χ3v) is 4.62. The van der Waals surface area contributed by atoms with Crippen molar-refractivity contribution in [1.29, 1.82) is 0 Å². The van der Waals surface area contributed by atoms with Crippen molar-refractivity contribution in [2.24, 2.45) is 7.05 Å². The number of benzene rings is 1. The molecule has 1 saturated heterocycles. The van der Waals surface area contributed by atoms with E-state index in [0.29, 0.717) is 6.04 Å². The van der Waals surface area contributed by atoms with Crippen LogP contribution < -0.4 is 5.32 Å². The van der Waals surface area contributed by atoms with Gasteiger partial charge in [0.05, 0.1) is 6.04 Å². The molecule has 1 atom stereocenters. The Balaban J connectivity index is 0.00000161. The topological polar surface area (TPSA) is 33.1 Å². The fourth-order valence-corrected chi connectivity index (χ4v) is 3.14. The monoisotopic (exact) mass is 370 g/mol. The van der Waals surface area contributed by atoms with Crippen LogP contribution in [-0.2, 0) is 13.6 Å². The van der Waals surface area contributed by atoms with Gasteiger partial charge in [-0.3, -0.25) is 4.90 Å². The zero-order chi connectivity index (χ0) is 13.9. The van der Waals surface area contributed by atoms with E-state index in [4.69, 9.17) is 0 Å². The first-order chi connectivity index (χ1) is 9.75. The minimum atomic E-state index is 0. The second-order valence-corrected chi connectivity index (χ2v) is 6.03. The van der Waals surface area contributed by atoms with Crippen LogP contribution in [0.4, 0.5) is 0 Å². The highest BCUT2D eigenvalue weighted by Gasteiger charge is 2.26. The molecule has 1 aromatic carbocycles. The smallest absolute Gasteiger partial charge is 0.127 e. The van der Waals surface area contributed by atoms with Crippen molar-refractivity contribution in [2.75, 3.05) is 19.6 Å². The second kappa shape index (κ2) is 7.40. The van der Waals surface area contributed by atoms with Crippen LogP contribution in [0.1, 0.15) is 17.4 Å². The Labute approximate surface area is 140 Å². The van der Waals surface area contributed by atoms with Crippen LogP contribution in [0.2, 0.25) is 0 Å². The maximum atomic E-state index is 4.52. The molecule has 0 spiro atoms. The van der Waals surface area contributed by atoms with Crippen molar-refractivity contribution >= 4 is 28.3 Å². The van der Waals surface area contributed by atoms with Crippen molar-refractivity contribution in [1.82, 2.24) is 19.8 Å². The van der Waals surface area contributed by atoms with Gasteiger partial charge in [-0.2, -0.15) is 0 Å². The van der Waals surface area contributed by atoms with E-state index in [0.717, 1.165) is 32.0 Å². The quantitative estimate of drug-likeness (QED) is 0.900. The molecule has 0 bridgehead atoms. The van der Waals surface area contributed by atoms with E-state index < -0.39 is 0 Å². The van der Waals surface area contributed by atoms with Gasteiger partial charge in [0.15, 0.2) is 0 Å². The Bertz CT molecular complexity index is 587. The number of halogens is 2. The van der Waals surface area contributed by atoms with Gasteiger partial charge in [0.25, 0.3) is 0 Å². The van der Waals surface area contributed by atoms with Crippen LogP contribution in [0.15, 0.2) is 41.1 Å². The predicted molar refractivity (Wildman–Crippen MR) is 90.6 cm³/mol. The molecule has 0 radical (unpaired) electrons. The Morgan fingerprint density at radius 3 is 2.90 bits per heavy atom. The summed E-state index contributed by atoms with van der Waals surface area (Å²) >= 11 is 3.64. The van der Waals surface area contributed by atoms with Crippen LogP contribution in [-0.4, -0.2) is 34.1 Å². The number of nitrogens with one attached hydrogen (secondary N) is 1. The number of hydrogen-bond acceptors (Lipinski definition) is 3. The van der Waals surface area contributed by atoms with Crippen molar-refractivity contribution < 1.29 is 0 Å². The number of piperazine rings is 1. The highest BCUT2D eigenvalue weighted by Crippen LogP contribution is 2.25. The summed E-state index contributed by atoms with van der Waals surface area (Å²) in [5, 5.41) is 3.47. The number of aromatic nitrogens is 2. The van der Waals surface area contributed by atoms with Gasteiger partial charge in [0.2, 0.25) is 0 Å². The molecule has 2 heterocycles. The van der Waals surface area contributed by atoms with E-state index in [1.165, 1.54) is 10.0 Å². The van der Waals surface area contributed by atoms with Crippen molar-refractivity contribution in [3.05, 3.63) is 52.5 Å². The van der Waals surface area contributed by atoms with Gasteiger partial charge >= 0.3 is 0 Å².